The topological polar surface area (TPSA) is 84.1 Å². The number of carbonyl (C=O) groups excluding carboxylic acids is 1. The molecule has 1 amide bonds. The number of aromatic nitrogens is 2. The van der Waals surface area contributed by atoms with Crippen LogP contribution < -0.4 is 11.1 Å². The summed E-state index contributed by atoms with van der Waals surface area (Å²) in [6.07, 6.45) is 5.62. The Hall–Kier alpha value is -1.92. The van der Waals surface area contributed by atoms with Gasteiger partial charge in [0.1, 0.15) is 11.0 Å². The highest BCUT2D eigenvalue weighted by atomic mass is 35.5. The van der Waals surface area contributed by atoms with E-state index in [-0.39, 0.29) is 12.0 Å². The maximum Gasteiger partial charge on any atom is 0.225 e. The molecule has 6 nitrogen and oxygen atoms in total. The average Bonchev–Trinajstić information content (AvgIpc) is 3.32. The van der Waals surface area contributed by atoms with Crippen molar-refractivity contribution < 1.29 is 4.79 Å². The fourth-order valence-corrected chi connectivity index (χ4v) is 3.43. The van der Waals surface area contributed by atoms with Crippen LogP contribution in [0.5, 0.6) is 0 Å². The Balaban J connectivity index is 1.57. The number of nitrogens with two attached hydrogens (primary N) is 1. The van der Waals surface area contributed by atoms with E-state index in [0.29, 0.717) is 11.1 Å². The molecule has 0 unspecified atom stereocenters. The third kappa shape index (κ3) is 3.16. The van der Waals surface area contributed by atoms with Crippen LogP contribution in [0.25, 0.3) is 10.8 Å². The van der Waals surface area contributed by atoms with Crippen molar-refractivity contribution in [2.24, 2.45) is 11.7 Å². The number of rotatable bonds is 4. The molecule has 1 saturated heterocycles. The maximum absolute atomic E-state index is 12.0. The number of nitrogens with one attached hydrogen (secondary N) is 1. The summed E-state index contributed by atoms with van der Waals surface area (Å²) in [4.78, 5) is 22.7. The number of halogens is 1. The molecule has 1 aliphatic heterocycles. The van der Waals surface area contributed by atoms with Crippen molar-refractivity contribution in [3.63, 3.8) is 0 Å². The minimum absolute atomic E-state index is 0.214. The van der Waals surface area contributed by atoms with Crippen molar-refractivity contribution in [3.8, 4) is 0 Å². The Morgan fingerprint density at radius 3 is 2.64 bits per heavy atom. The quantitative estimate of drug-likeness (QED) is 0.819. The molecule has 0 spiro atoms. The van der Waals surface area contributed by atoms with Crippen LogP contribution in [0.1, 0.15) is 32.3 Å². The van der Waals surface area contributed by atoms with Crippen LogP contribution in [0.4, 0.5) is 5.82 Å². The van der Waals surface area contributed by atoms with Crippen LogP contribution in [-0.2, 0) is 10.3 Å². The number of fused-ring (bicyclic) bond motifs is 1. The fraction of sp³-hybridized carbons (Fsp3) is 0.500. The lowest BCUT2D eigenvalue weighted by Crippen LogP contribution is -2.57. The molecule has 0 bridgehead atoms. The maximum atomic E-state index is 12.0. The summed E-state index contributed by atoms with van der Waals surface area (Å²) < 4.78 is 0. The third-order valence-electron chi connectivity index (χ3n) is 4.89. The van der Waals surface area contributed by atoms with Gasteiger partial charge in [-0.2, -0.15) is 0 Å². The normalized spacial score (nSPS) is 18.3. The van der Waals surface area contributed by atoms with Crippen molar-refractivity contribution >= 4 is 34.1 Å². The Labute approximate surface area is 151 Å². The molecule has 2 fully saturated rings. The van der Waals surface area contributed by atoms with Gasteiger partial charge in [-0.1, -0.05) is 11.6 Å². The molecule has 2 aliphatic rings. The van der Waals surface area contributed by atoms with Crippen molar-refractivity contribution in [1.29, 1.82) is 0 Å². The third-order valence-corrected chi connectivity index (χ3v) is 5.10. The fourth-order valence-electron chi connectivity index (χ4n) is 3.27. The van der Waals surface area contributed by atoms with E-state index in [1.165, 1.54) is 0 Å². The van der Waals surface area contributed by atoms with E-state index in [4.69, 9.17) is 17.3 Å². The van der Waals surface area contributed by atoms with E-state index in [9.17, 15) is 4.79 Å². The van der Waals surface area contributed by atoms with Gasteiger partial charge in [-0.25, -0.2) is 9.97 Å². The van der Waals surface area contributed by atoms with E-state index in [1.807, 2.05) is 24.8 Å². The minimum Gasteiger partial charge on any atom is -0.363 e. The van der Waals surface area contributed by atoms with E-state index in [2.05, 4.69) is 15.3 Å². The number of likely N-dealkylation sites (tertiary alicyclic amines) is 1. The van der Waals surface area contributed by atoms with Crippen LogP contribution >= 0.6 is 11.6 Å². The first-order valence-electron chi connectivity index (χ1n) is 8.62. The highest BCUT2D eigenvalue weighted by Gasteiger charge is 2.39. The molecule has 1 saturated carbocycles. The van der Waals surface area contributed by atoms with Gasteiger partial charge in [0.15, 0.2) is 0 Å². The molecule has 25 heavy (non-hydrogen) atoms. The first-order valence-corrected chi connectivity index (χ1v) is 8.99. The second kappa shape index (κ2) is 5.81. The van der Waals surface area contributed by atoms with E-state index >= 15 is 0 Å². The van der Waals surface area contributed by atoms with Crippen molar-refractivity contribution in [2.75, 3.05) is 18.4 Å². The number of amides is 1. The van der Waals surface area contributed by atoms with Gasteiger partial charge in [-0.3, -0.25) is 4.79 Å². The molecule has 132 valence electrons. The number of hydrogen-bond donors (Lipinski definition) is 2. The zero-order valence-corrected chi connectivity index (χ0v) is 15.2. The van der Waals surface area contributed by atoms with Crippen molar-refractivity contribution in [3.05, 3.63) is 29.2 Å². The summed E-state index contributed by atoms with van der Waals surface area (Å²) in [6, 6.07) is 2.04. The number of carbonyl (C=O) groups is 1. The highest BCUT2D eigenvalue weighted by molar-refractivity contribution is 6.30. The van der Waals surface area contributed by atoms with Crippen molar-refractivity contribution in [1.82, 2.24) is 14.9 Å². The Morgan fingerprint density at radius 1 is 1.28 bits per heavy atom. The Bertz CT molecular complexity index is 837. The second-order valence-electron chi connectivity index (χ2n) is 7.65. The smallest absolute Gasteiger partial charge is 0.225 e. The molecule has 3 heterocycles. The molecule has 7 heteroatoms. The average molecular weight is 360 g/mol. The molecular formula is C18H22ClN5O. The molecule has 2 aromatic heterocycles. The number of pyridine rings is 2. The largest absolute Gasteiger partial charge is 0.363 e. The van der Waals surface area contributed by atoms with Crippen LogP contribution in [0.3, 0.4) is 0 Å². The molecule has 1 aliphatic carbocycles. The Kier molecular flexibility index (Phi) is 3.85. The van der Waals surface area contributed by atoms with Gasteiger partial charge in [0.05, 0.1) is 6.04 Å². The van der Waals surface area contributed by atoms with Gasteiger partial charge < -0.3 is 16.0 Å². The molecule has 0 atom stereocenters. The van der Waals surface area contributed by atoms with E-state index in [1.54, 1.807) is 12.4 Å². The van der Waals surface area contributed by atoms with Crippen molar-refractivity contribution in [2.45, 2.75) is 38.3 Å². The minimum atomic E-state index is -0.529. The van der Waals surface area contributed by atoms with E-state index in [0.717, 1.165) is 48.1 Å². The monoisotopic (exact) mass is 359 g/mol. The summed E-state index contributed by atoms with van der Waals surface area (Å²) in [5.41, 5.74) is 6.68. The van der Waals surface area contributed by atoms with Gasteiger partial charge >= 0.3 is 0 Å². The van der Waals surface area contributed by atoms with Gasteiger partial charge in [-0.05, 0) is 43.7 Å². The van der Waals surface area contributed by atoms with Crippen LogP contribution in [-0.4, -0.2) is 39.9 Å². The zero-order chi connectivity index (χ0) is 17.8. The van der Waals surface area contributed by atoms with Crippen LogP contribution in [0.2, 0.25) is 5.15 Å². The molecule has 0 aromatic carbocycles. The predicted octanol–water partition coefficient (Wildman–Crippen LogP) is 2.51. The predicted molar refractivity (Wildman–Crippen MR) is 98.5 cm³/mol. The van der Waals surface area contributed by atoms with Crippen LogP contribution in [0, 0.1) is 5.92 Å². The number of hydrogen-bond acceptors (Lipinski definition) is 5. The zero-order valence-electron chi connectivity index (χ0n) is 14.4. The van der Waals surface area contributed by atoms with Gasteiger partial charge in [0, 0.05) is 42.3 Å². The first kappa shape index (κ1) is 16.5. The highest BCUT2D eigenvalue weighted by Crippen LogP contribution is 2.34. The lowest BCUT2D eigenvalue weighted by atomic mass is 9.93. The number of anilines is 1. The standard InChI is InChI=1S/C18H22ClN5O/c1-18(2,20)14-7-22-16(13-6-21-15(19)5-12(13)14)23-11-8-24(9-11)17(25)10-3-4-10/h5-7,10-11H,3-4,8-9,20H2,1-2H3,(H,22,23). The summed E-state index contributed by atoms with van der Waals surface area (Å²) in [6.45, 7) is 5.34. The molecule has 3 N–H and O–H groups in total. The summed E-state index contributed by atoms with van der Waals surface area (Å²) >= 11 is 6.09. The molecule has 0 radical (unpaired) electrons. The second-order valence-corrected chi connectivity index (χ2v) is 8.04. The number of nitrogens with zero attached hydrogens (tertiary/aromatic N) is 3. The summed E-state index contributed by atoms with van der Waals surface area (Å²) in [5.74, 6) is 1.33. The lowest BCUT2D eigenvalue weighted by molar-refractivity contribution is -0.136. The van der Waals surface area contributed by atoms with Crippen LogP contribution in [0.15, 0.2) is 18.5 Å². The van der Waals surface area contributed by atoms with Gasteiger partial charge in [-0.15, -0.1) is 0 Å². The van der Waals surface area contributed by atoms with Gasteiger partial charge in [0.25, 0.3) is 0 Å². The SMILES string of the molecule is CC(C)(N)c1cnc(NC2CN(C(=O)C3CC3)C2)c2cnc(Cl)cc12. The molecule has 4 rings (SSSR count). The van der Waals surface area contributed by atoms with Gasteiger partial charge in [0.2, 0.25) is 5.91 Å². The summed E-state index contributed by atoms with van der Waals surface area (Å²) in [7, 11) is 0. The molecule has 2 aromatic rings. The van der Waals surface area contributed by atoms with E-state index < -0.39 is 5.54 Å². The Morgan fingerprint density at radius 2 is 2.00 bits per heavy atom. The summed E-state index contributed by atoms with van der Waals surface area (Å²) in [5, 5.41) is 5.71. The first-order chi connectivity index (χ1) is 11.8. The lowest BCUT2D eigenvalue weighted by Gasteiger charge is -2.40. The molecular weight excluding hydrogens is 338 g/mol.